The van der Waals surface area contributed by atoms with Crippen molar-refractivity contribution in [3.05, 3.63) is 24.3 Å². The molecule has 7 nitrogen and oxygen atoms in total. The second-order valence-corrected chi connectivity index (χ2v) is 4.59. The van der Waals surface area contributed by atoms with E-state index in [1.165, 1.54) is 0 Å². The summed E-state index contributed by atoms with van der Waals surface area (Å²) in [5, 5.41) is 9.86. The normalized spacial score (nSPS) is 10.7. The van der Waals surface area contributed by atoms with Gasteiger partial charge in [-0.3, -0.25) is 4.79 Å². The second kappa shape index (κ2) is 8.21. The van der Waals surface area contributed by atoms with Crippen molar-refractivity contribution in [1.29, 1.82) is 0 Å². The topological polar surface area (TPSA) is 93.2 Å². The fourth-order valence-electron chi connectivity index (χ4n) is 1.76. The van der Waals surface area contributed by atoms with E-state index in [2.05, 4.69) is 27.7 Å². The number of carbonyl (C=O) groups excluding carboxylic acids is 1. The fourth-order valence-corrected chi connectivity index (χ4v) is 1.76. The minimum atomic E-state index is -0.0222. The summed E-state index contributed by atoms with van der Waals surface area (Å²) in [5.41, 5.74) is 0. The van der Waals surface area contributed by atoms with Crippen molar-refractivity contribution in [2.75, 3.05) is 19.6 Å². The number of carbonyl (C=O) groups is 1. The SMILES string of the molecule is CCCNCCNC(=O)CCc1nc(-c2ccco2)no1. The van der Waals surface area contributed by atoms with Gasteiger partial charge >= 0.3 is 0 Å². The molecular formula is C14H20N4O3. The number of nitrogens with zero attached hydrogens (tertiary/aromatic N) is 2. The van der Waals surface area contributed by atoms with E-state index in [1.54, 1.807) is 18.4 Å². The van der Waals surface area contributed by atoms with Crippen molar-refractivity contribution in [3.63, 3.8) is 0 Å². The predicted octanol–water partition coefficient (Wildman–Crippen LogP) is 1.38. The summed E-state index contributed by atoms with van der Waals surface area (Å²) in [7, 11) is 0. The highest BCUT2D eigenvalue weighted by Gasteiger charge is 2.11. The van der Waals surface area contributed by atoms with Crippen molar-refractivity contribution in [1.82, 2.24) is 20.8 Å². The molecule has 0 spiro atoms. The van der Waals surface area contributed by atoms with E-state index in [0.717, 1.165) is 19.5 Å². The van der Waals surface area contributed by atoms with Gasteiger partial charge < -0.3 is 19.6 Å². The minimum absolute atomic E-state index is 0.0222. The summed E-state index contributed by atoms with van der Waals surface area (Å²) in [6, 6.07) is 3.51. The highest BCUT2D eigenvalue weighted by atomic mass is 16.5. The summed E-state index contributed by atoms with van der Waals surface area (Å²) in [4.78, 5) is 15.8. The molecule has 2 N–H and O–H groups in total. The van der Waals surface area contributed by atoms with E-state index in [0.29, 0.717) is 36.9 Å². The molecule has 2 aromatic heterocycles. The molecule has 0 bridgehead atoms. The van der Waals surface area contributed by atoms with E-state index in [9.17, 15) is 4.79 Å². The number of hydrogen-bond donors (Lipinski definition) is 2. The molecule has 0 atom stereocenters. The number of nitrogens with one attached hydrogen (secondary N) is 2. The van der Waals surface area contributed by atoms with E-state index in [4.69, 9.17) is 8.94 Å². The monoisotopic (exact) mass is 292 g/mol. The predicted molar refractivity (Wildman–Crippen MR) is 76.5 cm³/mol. The first kappa shape index (κ1) is 15.2. The van der Waals surface area contributed by atoms with Gasteiger partial charge in [-0.1, -0.05) is 12.1 Å². The first-order valence-electron chi connectivity index (χ1n) is 7.13. The number of aromatic nitrogens is 2. The van der Waals surface area contributed by atoms with Crippen molar-refractivity contribution in [2.45, 2.75) is 26.2 Å². The maximum Gasteiger partial charge on any atom is 0.238 e. The van der Waals surface area contributed by atoms with Gasteiger partial charge in [0, 0.05) is 25.9 Å². The molecule has 114 valence electrons. The summed E-state index contributed by atoms with van der Waals surface area (Å²) in [6.07, 6.45) is 3.38. The van der Waals surface area contributed by atoms with Gasteiger partial charge in [-0.15, -0.1) is 0 Å². The maximum absolute atomic E-state index is 11.6. The number of aryl methyl sites for hydroxylation is 1. The van der Waals surface area contributed by atoms with Crippen LogP contribution in [0.2, 0.25) is 0 Å². The van der Waals surface area contributed by atoms with Crippen molar-refractivity contribution in [2.24, 2.45) is 0 Å². The van der Waals surface area contributed by atoms with Gasteiger partial charge in [-0.25, -0.2) is 0 Å². The van der Waals surface area contributed by atoms with Crippen LogP contribution < -0.4 is 10.6 Å². The Kier molecular flexibility index (Phi) is 5.96. The molecule has 2 aromatic rings. The summed E-state index contributed by atoms with van der Waals surface area (Å²) < 4.78 is 10.3. The Morgan fingerprint density at radius 2 is 2.24 bits per heavy atom. The number of amides is 1. The van der Waals surface area contributed by atoms with Crippen LogP contribution in [-0.4, -0.2) is 35.7 Å². The molecule has 2 heterocycles. The van der Waals surface area contributed by atoms with E-state index in [-0.39, 0.29) is 5.91 Å². The van der Waals surface area contributed by atoms with Crippen LogP contribution in [0.15, 0.2) is 27.3 Å². The third-order valence-corrected chi connectivity index (χ3v) is 2.83. The Balaban J connectivity index is 1.67. The quantitative estimate of drug-likeness (QED) is 0.678. The number of furan rings is 1. The Hall–Kier alpha value is -2.15. The third-order valence-electron chi connectivity index (χ3n) is 2.83. The number of rotatable bonds is 9. The molecule has 7 heteroatoms. The van der Waals surface area contributed by atoms with Crippen LogP contribution in [0.3, 0.4) is 0 Å². The summed E-state index contributed by atoms with van der Waals surface area (Å²) in [6.45, 7) is 4.48. The molecule has 0 unspecified atom stereocenters. The van der Waals surface area contributed by atoms with E-state index in [1.807, 2.05) is 0 Å². The molecule has 0 fully saturated rings. The van der Waals surface area contributed by atoms with Gasteiger partial charge in [0.2, 0.25) is 17.6 Å². The first-order chi connectivity index (χ1) is 10.3. The average molecular weight is 292 g/mol. The lowest BCUT2D eigenvalue weighted by Crippen LogP contribution is -2.32. The zero-order valence-electron chi connectivity index (χ0n) is 12.1. The largest absolute Gasteiger partial charge is 0.461 e. The molecular weight excluding hydrogens is 272 g/mol. The molecule has 0 aliphatic carbocycles. The Morgan fingerprint density at radius 1 is 1.33 bits per heavy atom. The smallest absolute Gasteiger partial charge is 0.238 e. The van der Waals surface area contributed by atoms with Gasteiger partial charge in [0.05, 0.1) is 6.26 Å². The van der Waals surface area contributed by atoms with Crippen LogP contribution in [0.5, 0.6) is 0 Å². The van der Waals surface area contributed by atoms with Gasteiger partial charge in [0.1, 0.15) is 0 Å². The highest BCUT2D eigenvalue weighted by molar-refractivity contribution is 5.76. The number of hydrogen-bond acceptors (Lipinski definition) is 6. The van der Waals surface area contributed by atoms with Crippen LogP contribution in [0.25, 0.3) is 11.6 Å². The fraction of sp³-hybridized carbons (Fsp3) is 0.500. The Bertz CT molecular complexity index is 536. The zero-order chi connectivity index (χ0) is 14.9. The average Bonchev–Trinajstić information content (AvgIpc) is 3.15. The van der Waals surface area contributed by atoms with Crippen molar-refractivity contribution < 1.29 is 13.7 Å². The molecule has 2 rings (SSSR count). The molecule has 0 aromatic carbocycles. The van der Waals surface area contributed by atoms with E-state index < -0.39 is 0 Å². The molecule has 0 saturated carbocycles. The van der Waals surface area contributed by atoms with Gasteiger partial charge in [0.25, 0.3) is 0 Å². The van der Waals surface area contributed by atoms with Gasteiger partial charge in [-0.2, -0.15) is 4.98 Å². The standard InChI is InChI=1S/C14H20N4O3/c1-2-7-15-8-9-16-12(19)5-6-13-17-14(18-21-13)11-4-3-10-20-11/h3-4,10,15H,2,5-9H2,1H3,(H,16,19). The van der Waals surface area contributed by atoms with Crippen LogP contribution >= 0.6 is 0 Å². The first-order valence-corrected chi connectivity index (χ1v) is 7.13. The van der Waals surface area contributed by atoms with Gasteiger partial charge in [0.15, 0.2) is 5.76 Å². The summed E-state index contributed by atoms with van der Waals surface area (Å²) >= 11 is 0. The lowest BCUT2D eigenvalue weighted by molar-refractivity contribution is -0.121. The molecule has 0 aliphatic rings. The van der Waals surface area contributed by atoms with Gasteiger partial charge in [-0.05, 0) is 25.1 Å². The van der Waals surface area contributed by atoms with Crippen LogP contribution in [0.4, 0.5) is 0 Å². The third kappa shape index (κ3) is 5.03. The van der Waals surface area contributed by atoms with Crippen LogP contribution in [-0.2, 0) is 11.2 Å². The molecule has 0 saturated heterocycles. The van der Waals surface area contributed by atoms with E-state index >= 15 is 0 Å². The van der Waals surface area contributed by atoms with Crippen LogP contribution in [0, 0.1) is 0 Å². The minimum Gasteiger partial charge on any atom is -0.461 e. The van der Waals surface area contributed by atoms with Crippen LogP contribution in [0.1, 0.15) is 25.7 Å². The lowest BCUT2D eigenvalue weighted by atomic mass is 10.3. The molecule has 21 heavy (non-hydrogen) atoms. The Labute approximate surface area is 123 Å². The molecule has 1 amide bonds. The molecule has 0 aliphatic heterocycles. The second-order valence-electron chi connectivity index (χ2n) is 4.59. The van der Waals surface area contributed by atoms with Crippen molar-refractivity contribution in [3.8, 4) is 11.6 Å². The summed E-state index contributed by atoms with van der Waals surface area (Å²) in [5.74, 6) is 1.36. The maximum atomic E-state index is 11.6. The van der Waals surface area contributed by atoms with Crippen molar-refractivity contribution >= 4 is 5.91 Å². The molecule has 0 radical (unpaired) electrons. The Morgan fingerprint density at radius 3 is 3.00 bits per heavy atom. The lowest BCUT2D eigenvalue weighted by Gasteiger charge is -2.04. The highest BCUT2D eigenvalue weighted by Crippen LogP contribution is 2.16. The zero-order valence-corrected chi connectivity index (χ0v) is 12.1.